The van der Waals surface area contributed by atoms with Gasteiger partial charge in [0.1, 0.15) is 0 Å². The van der Waals surface area contributed by atoms with Gasteiger partial charge in [0.2, 0.25) is 6.79 Å². The van der Waals surface area contributed by atoms with E-state index in [1.807, 2.05) is 47.4 Å². The molecule has 7 nitrogen and oxygen atoms in total. The third-order valence-electron chi connectivity index (χ3n) is 4.86. The lowest BCUT2D eigenvalue weighted by atomic mass is 10.1. The number of hydrogen-bond acceptors (Lipinski definition) is 5. The van der Waals surface area contributed by atoms with Gasteiger partial charge in [0.05, 0.1) is 18.7 Å². The number of ether oxygens (including phenoxy) is 3. The quantitative estimate of drug-likeness (QED) is 0.445. The van der Waals surface area contributed by atoms with Crippen LogP contribution in [0, 0.1) is 0 Å². The predicted octanol–water partition coefficient (Wildman–Crippen LogP) is 2.78. The van der Waals surface area contributed by atoms with Crippen LogP contribution >= 0.6 is 12.2 Å². The van der Waals surface area contributed by atoms with Crippen LogP contribution < -0.4 is 20.3 Å². The van der Waals surface area contributed by atoms with Crippen molar-refractivity contribution in [2.75, 3.05) is 27.1 Å². The smallest absolute Gasteiger partial charge is 0.253 e. The molecule has 0 spiro atoms. The van der Waals surface area contributed by atoms with Crippen molar-refractivity contribution in [1.82, 2.24) is 15.2 Å². The van der Waals surface area contributed by atoms with Crippen LogP contribution in [-0.2, 0) is 17.8 Å². The minimum atomic E-state index is -0.154. The fraction of sp³-hybridized carbons (Fsp3) is 0.273. The maximum absolute atomic E-state index is 12.8. The molecule has 0 saturated heterocycles. The lowest BCUT2D eigenvalue weighted by Crippen LogP contribution is -2.41. The van der Waals surface area contributed by atoms with Gasteiger partial charge in [-0.15, -0.1) is 0 Å². The Balaban J connectivity index is 1.61. The van der Waals surface area contributed by atoms with E-state index in [2.05, 4.69) is 10.3 Å². The molecule has 0 aliphatic carbocycles. The molecule has 1 aliphatic rings. The molecule has 0 unspecified atom stereocenters. The Morgan fingerprint density at radius 1 is 1.17 bits per heavy atom. The van der Waals surface area contributed by atoms with Crippen LogP contribution in [0.15, 0.2) is 53.3 Å². The zero-order chi connectivity index (χ0) is 20.9. The van der Waals surface area contributed by atoms with Gasteiger partial charge in [-0.2, -0.15) is 0 Å². The number of nitrogens with zero attached hydrogens (tertiary/aromatic N) is 1. The van der Waals surface area contributed by atoms with E-state index in [9.17, 15) is 4.79 Å². The normalized spacial score (nSPS) is 12.2. The SMILES string of the molecule is COCCNC(=S)N(Cc1ccccc1)Cc1cc2cc3c(cc2[nH]c1=O)OCO3. The molecule has 1 aromatic heterocycles. The summed E-state index contributed by atoms with van der Waals surface area (Å²) in [5.74, 6) is 1.32. The summed E-state index contributed by atoms with van der Waals surface area (Å²) in [5.41, 5.74) is 2.28. The number of thiocarbonyl (C=S) groups is 1. The topological polar surface area (TPSA) is 75.8 Å². The van der Waals surface area contributed by atoms with Crippen LogP contribution in [0.1, 0.15) is 11.1 Å². The van der Waals surface area contributed by atoms with Crippen molar-refractivity contribution in [1.29, 1.82) is 0 Å². The summed E-state index contributed by atoms with van der Waals surface area (Å²) in [4.78, 5) is 17.7. The van der Waals surface area contributed by atoms with Crippen LogP contribution in [0.3, 0.4) is 0 Å². The van der Waals surface area contributed by atoms with Crippen molar-refractivity contribution in [3.05, 3.63) is 70.0 Å². The van der Waals surface area contributed by atoms with E-state index in [1.165, 1.54) is 0 Å². The Hall–Kier alpha value is -3.10. The lowest BCUT2D eigenvalue weighted by molar-refractivity contribution is 0.174. The van der Waals surface area contributed by atoms with Crippen LogP contribution in [0.5, 0.6) is 11.5 Å². The first kappa shape index (κ1) is 20.2. The average Bonchev–Trinajstić information content (AvgIpc) is 3.20. The minimum Gasteiger partial charge on any atom is -0.454 e. The highest BCUT2D eigenvalue weighted by molar-refractivity contribution is 7.80. The average molecular weight is 426 g/mol. The summed E-state index contributed by atoms with van der Waals surface area (Å²) in [7, 11) is 1.65. The third kappa shape index (κ3) is 4.55. The standard InChI is InChI=1S/C22H23N3O4S/c1-27-8-7-23-22(30)25(12-15-5-3-2-4-6-15)13-17-9-16-10-19-20(29-14-28-19)11-18(16)24-21(17)26/h2-6,9-11H,7-8,12-14H2,1H3,(H,23,30)(H,24,26). The summed E-state index contributed by atoms with van der Waals surface area (Å²) in [6.07, 6.45) is 0. The molecule has 30 heavy (non-hydrogen) atoms. The number of benzene rings is 2. The fourth-order valence-corrected chi connectivity index (χ4v) is 3.57. The van der Waals surface area contributed by atoms with Gasteiger partial charge in [-0.25, -0.2) is 0 Å². The van der Waals surface area contributed by atoms with Crippen LogP contribution in [-0.4, -0.2) is 42.1 Å². The molecular formula is C22H23N3O4S. The molecule has 2 heterocycles. The van der Waals surface area contributed by atoms with Gasteiger partial charge in [-0.3, -0.25) is 4.79 Å². The number of aromatic amines is 1. The largest absolute Gasteiger partial charge is 0.454 e. The molecule has 0 radical (unpaired) electrons. The minimum absolute atomic E-state index is 0.154. The molecule has 8 heteroatoms. The molecule has 2 aromatic carbocycles. The van der Waals surface area contributed by atoms with Gasteiger partial charge in [-0.05, 0) is 29.9 Å². The number of aromatic nitrogens is 1. The number of pyridine rings is 1. The number of nitrogens with one attached hydrogen (secondary N) is 2. The molecule has 4 rings (SSSR count). The number of H-pyrrole nitrogens is 1. The van der Waals surface area contributed by atoms with E-state index in [0.717, 1.165) is 10.9 Å². The number of rotatable bonds is 7. The van der Waals surface area contributed by atoms with E-state index < -0.39 is 0 Å². The zero-order valence-corrected chi connectivity index (χ0v) is 17.5. The summed E-state index contributed by atoms with van der Waals surface area (Å²) in [6, 6.07) is 15.6. The molecule has 2 N–H and O–H groups in total. The first-order valence-corrected chi connectivity index (χ1v) is 10.1. The summed E-state index contributed by atoms with van der Waals surface area (Å²) in [5, 5.41) is 4.65. The van der Waals surface area contributed by atoms with Crippen LogP contribution in [0.4, 0.5) is 0 Å². The Labute approximate surface area is 179 Å². The number of fused-ring (bicyclic) bond motifs is 2. The molecule has 0 atom stereocenters. The Morgan fingerprint density at radius 2 is 1.93 bits per heavy atom. The Kier molecular flexibility index (Phi) is 6.15. The highest BCUT2D eigenvalue weighted by atomic mass is 32.1. The molecule has 0 saturated carbocycles. The van der Waals surface area contributed by atoms with Crippen molar-refractivity contribution < 1.29 is 14.2 Å². The van der Waals surface area contributed by atoms with Crippen molar-refractivity contribution in [3.63, 3.8) is 0 Å². The second-order valence-electron chi connectivity index (χ2n) is 6.98. The van der Waals surface area contributed by atoms with E-state index >= 15 is 0 Å². The van der Waals surface area contributed by atoms with Crippen molar-refractivity contribution in [2.24, 2.45) is 0 Å². The van der Waals surface area contributed by atoms with Gasteiger partial charge in [0, 0.05) is 37.2 Å². The molecule has 3 aromatic rings. The Bertz CT molecular complexity index is 1100. The first-order chi connectivity index (χ1) is 14.6. The predicted molar refractivity (Wildman–Crippen MR) is 119 cm³/mol. The van der Waals surface area contributed by atoms with Gasteiger partial charge in [0.15, 0.2) is 16.6 Å². The van der Waals surface area contributed by atoms with Gasteiger partial charge in [0.25, 0.3) is 5.56 Å². The van der Waals surface area contributed by atoms with Gasteiger partial charge >= 0.3 is 0 Å². The maximum Gasteiger partial charge on any atom is 0.253 e. The van der Waals surface area contributed by atoms with E-state index in [-0.39, 0.29) is 12.4 Å². The molecule has 156 valence electrons. The van der Waals surface area contributed by atoms with E-state index in [1.54, 1.807) is 13.2 Å². The molecule has 0 bridgehead atoms. The van der Waals surface area contributed by atoms with Crippen molar-refractivity contribution >= 4 is 28.2 Å². The first-order valence-electron chi connectivity index (χ1n) is 9.65. The number of methoxy groups -OCH3 is 1. The monoisotopic (exact) mass is 425 g/mol. The van der Waals surface area contributed by atoms with E-state index in [4.69, 9.17) is 26.4 Å². The Morgan fingerprint density at radius 3 is 2.70 bits per heavy atom. The lowest BCUT2D eigenvalue weighted by Gasteiger charge is -2.26. The molecule has 0 amide bonds. The van der Waals surface area contributed by atoms with E-state index in [0.29, 0.717) is 53.9 Å². The third-order valence-corrected chi connectivity index (χ3v) is 5.26. The number of hydrogen-bond donors (Lipinski definition) is 2. The summed E-state index contributed by atoms with van der Waals surface area (Å²) >= 11 is 5.60. The van der Waals surface area contributed by atoms with Crippen molar-refractivity contribution in [3.8, 4) is 11.5 Å². The summed E-state index contributed by atoms with van der Waals surface area (Å²) < 4.78 is 16.0. The van der Waals surface area contributed by atoms with Gasteiger partial charge in [-0.1, -0.05) is 30.3 Å². The fourth-order valence-electron chi connectivity index (χ4n) is 3.34. The van der Waals surface area contributed by atoms with Crippen molar-refractivity contribution in [2.45, 2.75) is 13.1 Å². The molecular weight excluding hydrogens is 402 g/mol. The maximum atomic E-state index is 12.8. The zero-order valence-electron chi connectivity index (χ0n) is 16.6. The molecule has 1 aliphatic heterocycles. The highest BCUT2D eigenvalue weighted by Gasteiger charge is 2.17. The van der Waals surface area contributed by atoms with Gasteiger partial charge < -0.3 is 29.4 Å². The molecule has 0 fully saturated rings. The second-order valence-corrected chi connectivity index (χ2v) is 7.37. The van der Waals surface area contributed by atoms with Crippen LogP contribution in [0.2, 0.25) is 0 Å². The summed E-state index contributed by atoms with van der Waals surface area (Å²) in [6.45, 7) is 2.28. The van der Waals surface area contributed by atoms with Crippen LogP contribution in [0.25, 0.3) is 10.9 Å². The highest BCUT2D eigenvalue weighted by Crippen LogP contribution is 2.35. The second kappa shape index (κ2) is 9.15.